The van der Waals surface area contributed by atoms with E-state index < -0.39 is 17.5 Å². The molecule has 0 radical (unpaired) electrons. The highest BCUT2D eigenvalue weighted by Gasteiger charge is 2.13. The molecule has 0 unspecified atom stereocenters. The second-order valence-electron chi connectivity index (χ2n) is 6.04. The molecule has 2 rings (SSSR count). The predicted molar refractivity (Wildman–Crippen MR) is 95.2 cm³/mol. The second-order valence-corrected chi connectivity index (χ2v) is 6.04. The highest BCUT2D eigenvalue weighted by atomic mass is 19.1. The Kier molecular flexibility index (Phi) is 7.22. The molecule has 2 amide bonds. The first-order chi connectivity index (χ1) is 12.9. The van der Waals surface area contributed by atoms with Gasteiger partial charge in [0.2, 0.25) is 11.8 Å². The summed E-state index contributed by atoms with van der Waals surface area (Å²) in [6.45, 7) is 4.01. The van der Waals surface area contributed by atoms with Gasteiger partial charge in [-0.05, 0) is 32.0 Å². The number of ether oxygens (including phenoxy) is 1. The summed E-state index contributed by atoms with van der Waals surface area (Å²) in [5, 5.41) is 5.14. The Morgan fingerprint density at radius 2 is 1.96 bits per heavy atom. The molecule has 2 aromatic rings. The number of aromatic nitrogens is 1. The number of amides is 2. The van der Waals surface area contributed by atoms with E-state index in [1.807, 2.05) is 13.8 Å². The SMILES string of the molecule is CC(C)Oc1ncccc1CNC(=O)CCNC(=O)c1ccc(F)cc1F. The lowest BCUT2D eigenvalue weighted by Crippen LogP contribution is -2.31. The van der Waals surface area contributed by atoms with Gasteiger partial charge >= 0.3 is 0 Å². The van der Waals surface area contributed by atoms with Crippen LogP contribution in [-0.2, 0) is 11.3 Å². The maximum absolute atomic E-state index is 13.5. The fourth-order valence-electron chi connectivity index (χ4n) is 2.23. The average molecular weight is 377 g/mol. The van der Waals surface area contributed by atoms with E-state index >= 15 is 0 Å². The summed E-state index contributed by atoms with van der Waals surface area (Å²) in [6, 6.07) is 6.22. The number of nitrogens with zero attached hydrogens (tertiary/aromatic N) is 1. The van der Waals surface area contributed by atoms with E-state index in [4.69, 9.17) is 4.74 Å². The Labute approximate surface area is 155 Å². The van der Waals surface area contributed by atoms with Crippen LogP contribution in [0, 0.1) is 11.6 Å². The minimum Gasteiger partial charge on any atom is -0.475 e. The van der Waals surface area contributed by atoms with E-state index in [0.717, 1.165) is 17.7 Å². The molecule has 6 nitrogen and oxygen atoms in total. The van der Waals surface area contributed by atoms with E-state index in [0.29, 0.717) is 11.9 Å². The molecule has 1 heterocycles. The molecule has 0 bridgehead atoms. The third-order valence-corrected chi connectivity index (χ3v) is 3.49. The average Bonchev–Trinajstić information content (AvgIpc) is 2.60. The summed E-state index contributed by atoms with van der Waals surface area (Å²) in [4.78, 5) is 27.9. The van der Waals surface area contributed by atoms with Crippen molar-refractivity contribution in [2.45, 2.75) is 32.9 Å². The Bertz CT molecular complexity index is 813. The number of nitrogens with one attached hydrogen (secondary N) is 2. The number of carbonyl (C=O) groups excluding carboxylic acids is 2. The molecule has 1 aromatic heterocycles. The van der Waals surface area contributed by atoms with Gasteiger partial charge in [-0.1, -0.05) is 6.07 Å². The monoisotopic (exact) mass is 377 g/mol. The van der Waals surface area contributed by atoms with Gasteiger partial charge in [0.1, 0.15) is 11.6 Å². The Balaban J connectivity index is 1.79. The summed E-state index contributed by atoms with van der Waals surface area (Å²) in [5.74, 6) is -2.27. The number of hydrogen-bond acceptors (Lipinski definition) is 4. The largest absolute Gasteiger partial charge is 0.475 e. The second kappa shape index (κ2) is 9.61. The lowest BCUT2D eigenvalue weighted by Gasteiger charge is -2.13. The van der Waals surface area contributed by atoms with E-state index in [2.05, 4.69) is 15.6 Å². The highest BCUT2D eigenvalue weighted by molar-refractivity contribution is 5.94. The summed E-state index contributed by atoms with van der Waals surface area (Å²) in [5.41, 5.74) is 0.458. The minimum absolute atomic E-state index is 0.00911. The van der Waals surface area contributed by atoms with E-state index in [9.17, 15) is 18.4 Å². The third kappa shape index (κ3) is 6.32. The van der Waals surface area contributed by atoms with Gasteiger partial charge in [-0.3, -0.25) is 9.59 Å². The van der Waals surface area contributed by atoms with Gasteiger partial charge < -0.3 is 15.4 Å². The first-order valence-corrected chi connectivity index (χ1v) is 8.47. The fourth-order valence-corrected chi connectivity index (χ4v) is 2.23. The molecule has 0 aliphatic carbocycles. The van der Waals surface area contributed by atoms with E-state index in [1.165, 1.54) is 0 Å². The van der Waals surface area contributed by atoms with Crippen LogP contribution in [0.15, 0.2) is 36.5 Å². The zero-order chi connectivity index (χ0) is 19.8. The quantitative estimate of drug-likeness (QED) is 0.741. The lowest BCUT2D eigenvalue weighted by molar-refractivity contribution is -0.121. The molecule has 0 saturated carbocycles. The Hall–Kier alpha value is -3.03. The zero-order valence-corrected chi connectivity index (χ0v) is 15.1. The van der Waals surface area contributed by atoms with Gasteiger partial charge in [0, 0.05) is 37.3 Å². The maximum Gasteiger partial charge on any atom is 0.254 e. The van der Waals surface area contributed by atoms with Crippen molar-refractivity contribution in [2.24, 2.45) is 0 Å². The van der Waals surface area contributed by atoms with Crippen LogP contribution in [0.1, 0.15) is 36.2 Å². The van der Waals surface area contributed by atoms with Crippen molar-refractivity contribution in [3.8, 4) is 5.88 Å². The van der Waals surface area contributed by atoms with Crippen molar-refractivity contribution in [1.82, 2.24) is 15.6 Å². The van der Waals surface area contributed by atoms with Crippen molar-refractivity contribution in [2.75, 3.05) is 6.54 Å². The maximum atomic E-state index is 13.5. The van der Waals surface area contributed by atoms with Crippen molar-refractivity contribution in [3.05, 3.63) is 59.3 Å². The summed E-state index contributed by atoms with van der Waals surface area (Å²) in [7, 11) is 0. The molecular weight excluding hydrogens is 356 g/mol. The molecule has 0 atom stereocenters. The van der Waals surface area contributed by atoms with Crippen LogP contribution in [0.5, 0.6) is 5.88 Å². The number of halogens is 2. The van der Waals surface area contributed by atoms with Gasteiger partial charge in [-0.25, -0.2) is 13.8 Å². The summed E-state index contributed by atoms with van der Waals surface area (Å²) in [6.07, 6.45) is 1.57. The molecule has 0 aliphatic rings. The molecule has 0 aliphatic heterocycles. The van der Waals surface area contributed by atoms with Gasteiger partial charge in [0.15, 0.2) is 0 Å². The van der Waals surface area contributed by atoms with Gasteiger partial charge in [-0.2, -0.15) is 0 Å². The van der Waals surface area contributed by atoms with Crippen LogP contribution in [0.3, 0.4) is 0 Å². The molecule has 27 heavy (non-hydrogen) atoms. The highest BCUT2D eigenvalue weighted by Crippen LogP contribution is 2.15. The van der Waals surface area contributed by atoms with Crippen molar-refractivity contribution in [1.29, 1.82) is 0 Å². The molecule has 1 aromatic carbocycles. The third-order valence-electron chi connectivity index (χ3n) is 3.49. The normalized spacial score (nSPS) is 10.6. The lowest BCUT2D eigenvalue weighted by atomic mass is 10.2. The van der Waals surface area contributed by atoms with Gasteiger partial charge in [-0.15, -0.1) is 0 Å². The van der Waals surface area contributed by atoms with Crippen molar-refractivity contribution < 1.29 is 23.1 Å². The van der Waals surface area contributed by atoms with E-state index in [1.54, 1.807) is 18.3 Å². The van der Waals surface area contributed by atoms with Crippen LogP contribution in [0.25, 0.3) is 0 Å². The molecule has 0 saturated heterocycles. The number of rotatable bonds is 8. The van der Waals surface area contributed by atoms with Crippen LogP contribution in [0.2, 0.25) is 0 Å². The molecule has 2 N–H and O–H groups in total. The van der Waals surface area contributed by atoms with Gasteiger partial charge in [0.05, 0.1) is 11.7 Å². The molecular formula is C19H21F2N3O3. The standard InChI is InChI=1S/C19H21F2N3O3/c1-12(2)27-19-13(4-3-8-23-19)11-24-17(25)7-9-22-18(26)15-6-5-14(20)10-16(15)21/h3-6,8,10,12H,7,9,11H2,1-2H3,(H,22,26)(H,24,25). The fraction of sp³-hybridized carbons (Fsp3) is 0.316. The van der Waals surface area contributed by atoms with Crippen LogP contribution >= 0.6 is 0 Å². The predicted octanol–water partition coefficient (Wildman–Crippen LogP) is 2.58. The molecule has 8 heteroatoms. The summed E-state index contributed by atoms with van der Waals surface area (Å²) < 4.78 is 32.0. The smallest absolute Gasteiger partial charge is 0.254 e. The van der Waals surface area contributed by atoms with Crippen LogP contribution in [0.4, 0.5) is 8.78 Å². The van der Waals surface area contributed by atoms with Crippen LogP contribution < -0.4 is 15.4 Å². The Morgan fingerprint density at radius 3 is 2.67 bits per heavy atom. The zero-order valence-electron chi connectivity index (χ0n) is 15.1. The molecule has 144 valence electrons. The first-order valence-electron chi connectivity index (χ1n) is 8.47. The minimum atomic E-state index is -0.953. The number of benzene rings is 1. The number of carbonyl (C=O) groups is 2. The number of hydrogen-bond donors (Lipinski definition) is 2. The van der Waals surface area contributed by atoms with Crippen LogP contribution in [-0.4, -0.2) is 29.4 Å². The summed E-state index contributed by atoms with van der Waals surface area (Å²) >= 11 is 0. The van der Waals surface area contributed by atoms with Gasteiger partial charge in [0.25, 0.3) is 5.91 Å². The number of pyridine rings is 1. The molecule has 0 fully saturated rings. The molecule has 0 spiro atoms. The topological polar surface area (TPSA) is 80.3 Å². The van der Waals surface area contributed by atoms with Crippen molar-refractivity contribution >= 4 is 11.8 Å². The van der Waals surface area contributed by atoms with E-state index in [-0.39, 0.29) is 37.1 Å². The Morgan fingerprint density at radius 1 is 1.19 bits per heavy atom. The van der Waals surface area contributed by atoms with Crippen molar-refractivity contribution in [3.63, 3.8) is 0 Å². The first kappa shape index (κ1) is 20.3.